The van der Waals surface area contributed by atoms with Gasteiger partial charge in [-0.3, -0.25) is 9.69 Å². The average Bonchev–Trinajstić information content (AvgIpc) is 3.20. The fourth-order valence-corrected chi connectivity index (χ4v) is 4.19. The van der Waals surface area contributed by atoms with E-state index in [0.717, 1.165) is 33.3 Å². The summed E-state index contributed by atoms with van der Waals surface area (Å²) in [5, 5.41) is 2.09. The Morgan fingerprint density at radius 3 is 2.32 bits per heavy atom. The molecule has 0 aromatic heterocycles. The Bertz CT molecular complexity index is 1430. The fourth-order valence-electron chi connectivity index (χ4n) is 4.19. The van der Waals surface area contributed by atoms with E-state index in [4.69, 9.17) is 4.74 Å². The van der Waals surface area contributed by atoms with Crippen LogP contribution in [0.15, 0.2) is 109 Å². The van der Waals surface area contributed by atoms with E-state index in [9.17, 15) is 9.59 Å². The molecule has 4 aromatic carbocycles. The van der Waals surface area contributed by atoms with Gasteiger partial charge in [-0.05, 0) is 53.8 Å². The second-order valence-electron chi connectivity index (χ2n) is 7.98. The summed E-state index contributed by atoms with van der Waals surface area (Å²) < 4.78 is 5.05. The maximum Gasteiger partial charge on any atom is 0.338 e. The van der Waals surface area contributed by atoms with E-state index in [-0.39, 0.29) is 11.9 Å². The van der Waals surface area contributed by atoms with Gasteiger partial charge in [0.25, 0.3) is 5.91 Å². The molecule has 0 aliphatic carbocycles. The number of benzene rings is 4. The lowest BCUT2D eigenvalue weighted by molar-refractivity contribution is -0.113. The third kappa shape index (κ3) is 4.02. The molecule has 1 heterocycles. The molecule has 1 amide bonds. The summed E-state index contributed by atoms with van der Waals surface area (Å²) in [6.45, 7) is 2.11. The Labute approximate surface area is 198 Å². The molecule has 0 saturated heterocycles. The van der Waals surface area contributed by atoms with Gasteiger partial charge in [0.1, 0.15) is 0 Å². The maximum absolute atomic E-state index is 13.7. The molecule has 0 N–H and O–H groups in total. The van der Waals surface area contributed by atoms with Crippen molar-refractivity contribution in [3.8, 4) is 0 Å². The first-order valence-electron chi connectivity index (χ1n) is 11.2. The van der Waals surface area contributed by atoms with E-state index >= 15 is 0 Å². The zero-order chi connectivity index (χ0) is 23.5. The van der Waals surface area contributed by atoms with Crippen LogP contribution in [-0.4, -0.2) is 18.5 Å². The summed E-state index contributed by atoms with van der Waals surface area (Å²) in [7, 11) is 0. The van der Waals surface area contributed by atoms with Crippen LogP contribution < -0.4 is 4.90 Å². The first kappa shape index (κ1) is 21.4. The van der Waals surface area contributed by atoms with Crippen LogP contribution in [0.25, 0.3) is 22.5 Å². The lowest BCUT2D eigenvalue weighted by Gasteiger charge is -2.22. The van der Waals surface area contributed by atoms with Crippen molar-refractivity contribution in [3.05, 3.63) is 125 Å². The molecule has 1 aliphatic rings. The normalized spacial score (nSPS) is 14.5. The van der Waals surface area contributed by atoms with Gasteiger partial charge in [0, 0.05) is 11.0 Å². The largest absolute Gasteiger partial charge is 0.462 e. The van der Waals surface area contributed by atoms with Crippen molar-refractivity contribution < 1.29 is 14.3 Å². The second-order valence-corrected chi connectivity index (χ2v) is 7.98. The SMILES string of the molecule is CCOC(=O)c1ccc(/C=C2/C=C(c3ccccc3)N(c3cccc4ccccc34)C2=O)cc1. The molecule has 1 aliphatic heterocycles. The smallest absolute Gasteiger partial charge is 0.338 e. The molecule has 0 fully saturated rings. The van der Waals surface area contributed by atoms with Gasteiger partial charge in [0.15, 0.2) is 0 Å². The Hall–Kier alpha value is -4.44. The lowest BCUT2D eigenvalue weighted by Crippen LogP contribution is -2.25. The van der Waals surface area contributed by atoms with Gasteiger partial charge in [-0.2, -0.15) is 0 Å². The molecule has 0 radical (unpaired) electrons. The van der Waals surface area contributed by atoms with Gasteiger partial charge in [-0.1, -0.05) is 78.9 Å². The van der Waals surface area contributed by atoms with E-state index in [1.54, 1.807) is 24.0 Å². The van der Waals surface area contributed by atoms with Gasteiger partial charge in [-0.25, -0.2) is 4.79 Å². The van der Waals surface area contributed by atoms with Gasteiger partial charge in [0.2, 0.25) is 0 Å². The number of rotatable bonds is 5. The molecular weight excluding hydrogens is 422 g/mol. The molecular formula is C30H23NO3. The highest BCUT2D eigenvalue weighted by Gasteiger charge is 2.31. The van der Waals surface area contributed by atoms with E-state index in [1.165, 1.54) is 0 Å². The Morgan fingerprint density at radius 1 is 0.853 bits per heavy atom. The Kier molecular flexibility index (Phi) is 5.79. The number of nitrogens with zero attached hydrogens (tertiary/aromatic N) is 1. The van der Waals surface area contributed by atoms with Crippen LogP contribution >= 0.6 is 0 Å². The van der Waals surface area contributed by atoms with Crippen molar-refractivity contribution in [2.24, 2.45) is 0 Å². The summed E-state index contributed by atoms with van der Waals surface area (Å²) in [6, 6.07) is 31.1. The number of carbonyl (C=O) groups excluding carboxylic acids is 2. The van der Waals surface area contributed by atoms with E-state index in [1.807, 2.05) is 97.1 Å². The minimum absolute atomic E-state index is 0.0929. The minimum atomic E-state index is -0.355. The van der Waals surface area contributed by atoms with Gasteiger partial charge in [-0.15, -0.1) is 0 Å². The zero-order valence-electron chi connectivity index (χ0n) is 18.8. The molecule has 4 heteroatoms. The predicted octanol–water partition coefficient (Wildman–Crippen LogP) is 6.49. The van der Waals surface area contributed by atoms with Crippen molar-refractivity contribution in [3.63, 3.8) is 0 Å². The van der Waals surface area contributed by atoms with Crippen LogP contribution in [0.2, 0.25) is 0 Å². The third-order valence-corrected chi connectivity index (χ3v) is 5.80. The van der Waals surface area contributed by atoms with Gasteiger partial charge >= 0.3 is 5.97 Å². The number of hydrogen-bond donors (Lipinski definition) is 0. The van der Waals surface area contributed by atoms with Crippen molar-refractivity contribution in [1.82, 2.24) is 0 Å². The van der Waals surface area contributed by atoms with Crippen molar-refractivity contribution in [2.45, 2.75) is 6.92 Å². The second kappa shape index (κ2) is 9.20. The third-order valence-electron chi connectivity index (χ3n) is 5.80. The number of amides is 1. The summed E-state index contributed by atoms with van der Waals surface area (Å²) in [6.07, 6.45) is 3.78. The van der Waals surface area contributed by atoms with Crippen LogP contribution in [0.1, 0.15) is 28.4 Å². The zero-order valence-corrected chi connectivity index (χ0v) is 18.8. The van der Waals surface area contributed by atoms with E-state index in [0.29, 0.717) is 17.7 Å². The van der Waals surface area contributed by atoms with E-state index in [2.05, 4.69) is 0 Å². The Morgan fingerprint density at radius 2 is 1.56 bits per heavy atom. The first-order chi connectivity index (χ1) is 16.7. The van der Waals surface area contributed by atoms with Crippen LogP contribution in [-0.2, 0) is 9.53 Å². The summed E-state index contributed by atoms with van der Waals surface area (Å²) in [5.74, 6) is -0.447. The van der Waals surface area contributed by atoms with Crippen molar-refractivity contribution >= 4 is 40.1 Å². The molecule has 0 unspecified atom stereocenters. The minimum Gasteiger partial charge on any atom is -0.462 e. The Balaban J connectivity index is 1.58. The fraction of sp³-hybridized carbons (Fsp3) is 0.0667. The molecule has 4 nitrogen and oxygen atoms in total. The lowest BCUT2D eigenvalue weighted by atomic mass is 10.1. The van der Waals surface area contributed by atoms with Gasteiger partial charge < -0.3 is 4.74 Å². The van der Waals surface area contributed by atoms with E-state index < -0.39 is 0 Å². The maximum atomic E-state index is 13.7. The molecule has 5 rings (SSSR count). The highest BCUT2D eigenvalue weighted by molar-refractivity contribution is 6.25. The number of ether oxygens (including phenoxy) is 1. The molecule has 166 valence electrons. The topological polar surface area (TPSA) is 46.6 Å². The number of esters is 1. The number of anilines is 1. The van der Waals surface area contributed by atoms with Crippen LogP contribution in [0, 0.1) is 0 Å². The van der Waals surface area contributed by atoms with Crippen LogP contribution in [0.3, 0.4) is 0 Å². The summed E-state index contributed by atoms with van der Waals surface area (Å²) >= 11 is 0. The van der Waals surface area contributed by atoms with Crippen molar-refractivity contribution in [2.75, 3.05) is 11.5 Å². The van der Waals surface area contributed by atoms with Crippen molar-refractivity contribution in [1.29, 1.82) is 0 Å². The standard InChI is InChI=1S/C30H23NO3/c1-2-34-30(33)24-17-15-21(16-18-24)19-25-20-28(23-10-4-3-5-11-23)31(29(25)32)27-14-8-12-22-9-6-7-13-26(22)27/h3-20H,2H2,1H3/b25-19-. The predicted molar refractivity (Wildman–Crippen MR) is 136 cm³/mol. The number of hydrogen-bond acceptors (Lipinski definition) is 3. The highest BCUT2D eigenvalue weighted by Crippen LogP contribution is 2.38. The van der Waals surface area contributed by atoms with Gasteiger partial charge in [0.05, 0.1) is 23.6 Å². The molecule has 4 aromatic rings. The first-order valence-corrected chi connectivity index (χ1v) is 11.2. The number of fused-ring (bicyclic) bond motifs is 1. The summed E-state index contributed by atoms with van der Waals surface area (Å²) in [4.78, 5) is 27.5. The molecule has 0 saturated carbocycles. The molecule has 0 bridgehead atoms. The molecule has 0 spiro atoms. The molecule has 0 atom stereocenters. The van der Waals surface area contributed by atoms with Crippen LogP contribution in [0.5, 0.6) is 0 Å². The summed E-state index contributed by atoms with van der Waals surface area (Å²) in [5.41, 5.74) is 4.54. The quantitative estimate of drug-likeness (QED) is 0.261. The molecule has 34 heavy (non-hydrogen) atoms. The van der Waals surface area contributed by atoms with Crippen LogP contribution in [0.4, 0.5) is 5.69 Å². The average molecular weight is 446 g/mol. The monoisotopic (exact) mass is 445 g/mol. The number of carbonyl (C=O) groups is 2. The highest BCUT2D eigenvalue weighted by atomic mass is 16.5.